The van der Waals surface area contributed by atoms with Crippen LogP contribution in [0.2, 0.25) is 0 Å². The summed E-state index contributed by atoms with van der Waals surface area (Å²) < 4.78 is 2.12. The number of carbonyl (C=O) groups excluding carboxylic acids is 1. The summed E-state index contributed by atoms with van der Waals surface area (Å²) in [6.45, 7) is 13.2. The van der Waals surface area contributed by atoms with Gasteiger partial charge in [-0.25, -0.2) is 4.98 Å². The lowest BCUT2D eigenvalue weighted by molar-refractivity contribution is -0.134. The van der Waals surface area contributed by atoms with E-state index in [-0.39, 0.29) is 18.0 Å². The molecule has 0 aromatic carbocycles. The molecule has 0 saturated heterocycles. The van der Waals surface area contributed by atoms with Crippen LogP contribution in [0, 0.1) is 13.8 Å². The molecule has 0 saturated carbocycles. The SMILES string of the molecule is Cc1ncn(CCCC(=O)N(C(C)C)C(C)C)c1C. The van der Waals surface area contributed by atoms with Crippen LogP contribution in [0.1, 0.15) is 51.9 Å². The van der Waals surface area contributed by atoms with Gasteiger partial charge in [-0.3, -0.25) is 4.79 Å². The lowest BCUT2D eigenvalue weighted by Gasteiger charge is -2.30. The summed E-state index contributed by atoms with van der Waals surface area (Å²) in [5, 5.41) is 0. The average Bonchev–Trinajstić information content (AvgIpc) is 2.59. The molecular weight excluding hydrogens is 238 g/mol. The van der Waals surface area contributed by atoms with Crippen molar-refractivity contribution in [2.45, 2.75) is 73.0 Å². The van der Waals surface area contributed by atoms with Crippen molar-refractivity contribution in [2.75, 3.05) is 0 Å². The highest BCUT2D eigenvalue weighted by atomic mass is 16.2. The second kappa shape index (κ2) is 6.73. The minimum Gasteiger partial charge on any atom is -0.338 e. The summed E-state index contributed by atoms with van der Waals surface area (Å²) in [5.74, 6) is 0.250. The fraction of sp³-hybridized carbons (Fsp3) is 0.733. The Morgan fingerprint density at radius 3 is 2.26 bits per heavy atom. The minimum atomic E-state index is 0.250. The molecule has 0 aliphatic heterocycles. The Labute approximate surface area is 116 Å². The molecule has 0 fully saturated rings. The van der Waals surface area contributed by atoms with Gasteiger partial charge in [-0.2, -0.15) is 0 Å². The number of aryl methyl sites for hydroxylation is 2. The van der Waals surface area contributed by atoms with Gasteiger partial charge in [0.15, 0.2) is 0 Å². The molecule has 0 unspecified atom stereocenters. The quantitative estimate of drug-likeness (QED) is 0.793. The van der Waals surface area contributed by atoms with Crippen molar-refractivity contribution in [2.24, 2.45) is 0 Å². The van der Waals surface area contributed by atoms with E-state index in [0.717, 1.165) is 18.7 Å². The highest BCUT2D eigenvalue weighted by Crippen LogP contribution is 2.11. The molecule has 0 bridgehead atoms. The minimum absolute atomic E-state index is 0.250. The van der Waals surface area contributed by atoms with Gasteiger partial charge in [0.1, 0.15) is 0 Å². The predicted octanol–water partition coefficient (Wildman–Crippen LogP) is 2.93. The first-order chi connectivity index (χ1) is 8.84. The summed E-state index contributed by atoms with van der Waals surface area (Å²) in [7, 11) is 0. The van der Waals surface area contributed by atoms with Crippen LogP contribution in [-0.2, 0) is 11.3 Å². The number of aromatic nitrogens is 2. The first kappa shape index (κ1) is 15.7. The number of nitrogens with zero attached hydrogens (tertiary/aromatic N) is 3. The number of hydrogen-bond donors (Lipinski definition) is 0. The molecule has 0 aliphatic rings. The van der Waals surface area contributed by atoms with Gasteiger partial charge in [0.05, 0.1) is 12.0 Å². The van der Waals surface area contributed by atoms with E-state index in [9.17, 15) is 4.79 Å². The van der Waals surface area contributed by atoms with Gasteiger partial charge >= 0.3 is 0 Å². The zero-order chi connectivity index (χ0) is 14.6. The summed E-state index contributed by atoms with van der Waals surface area (Å²) in [5.41, 5.74) is 2.26. The van der Waals surface area contributed by atoms with Crippen LogP contribution in [0.4, 0.5) is 0 Å². The largest absolute Gasteiger partial charge is 0.338 e. The lowest BCUT2D eigenvalue weighted by atomic mass is 10.2. The van der Waals surface area contributed by atoms with E-state index in [2.05, 4.69) is 44.2 Å². The Morgan fingerprint density at radius 2 is 1.84 bits per heavy atom. The molecule has 4 heteroatoms. The molecule has 0 atom stereocenters. The maximum absolute atomic E-state index is 12.2. The van der Waals surface area contributed by atoms with E-state index >= 15 is 0 Å². The van der Waals surface area contributed by atoms with Crippen molar-refractivity contribution >= 4 is 5.91 Å². The van der Waals surface area contributed by atoms with Gasteiger partial charge in [0.25, 0.3) is 0 Å². The van der Waals surface area contributed by atoms with E-state index < -0.39 is 0 Å². The van der Waals surface area contributed by atoms with Gasteiger partial charge in [-0.1, -0.05) is 0 Å². The molecule has 19 heavy (non-hydrogen) atoms. The summed E-state index contributed by atoms with van der Waals surface area (Å²) in [6.07, 6.45) is 3.33. The van der Waals surface area contributed by atoms with Crippen molar-refractivity contribution in [3.05, 3.63) is 17.7 Å². The Balaban J connectivity index is 2.48. The molecule has 0 N–H and O–H groups in total. The Hall–Kier alpha value is -1.32. The molecule has 1 rings (SSSR count). The summed E-state index contributed by atoms with van der Waals surface area (Å²) in [6, 6.07) is 0.537. The van der Waals surface area contributed by atoms with Crippen LogP contribution < -0.4 is 0 Å². The van der Waals surface area contributed by atoms with Crippen LogP contribution in [0.25, 0.3) is 0 Å². The van der Waals surface area contributed by atoms with Crippen molar-refractivity contribution < 1.29 is 4.79 Å². The van der Waals surface area contributed by atoms with Crippen LogP contribution >= 0.6 is 0 Å². The fourth-order valence-electron chi connectivity index (χ4n) is 2.47. The molecule has 1 aromatic heterocycles. The first-order valence-corrected chi connectivity index (χ1v) is 7.14. The van der Waals surface area contributed by atoms with Gasteiger partial charge in [-0.15, -0.1) is 0 Å². The summed E-state index contributed by atoms with van der Waals surface area (Å²) in [4.78, 5) is 18.4. The van der Waals surface area contributed by atoms with Crippen LogP contribution in [-0.4, -0.2) is 32.4 Å². The second-order valence-electron chi connectivity index (χ2n) is 5.70. The first-order valence-electron chi connectivity index (χ1n) is 7.14. The summed E-state index contributed by atoms with van der Waals surface area (Å²) >= 11 is 0. The van der Waals surface area contributed by atoms with Crippen molar-refractivity contribution in [3.63, 3.8) is 0 Å². The van der Waals surface area contributed by atoms with Crippen molar-refractivity contribution in [3.8, 4) is 0 Å². The Kier molecular flexibility index (Phi) is 5.58. The molecule has 1 heterocycles. The third kappa shape index (κ3) is 4.08. The molecule has 108 valence electrons. The predicted molar refractivity (Wildman–Crippen MR) is 78.1 cm³/mol. The molecule has 1 aromatic rings. The standard InChI is InChI=1S/C15H27N3O/c1-11(2)18(12(3)4)15(19)8-7-9-17-10-16-13(5)14(17)6/h10-12H,7-9H2,1-6H3. The molecule has 0 radical (unpaired) electrons. The van der Waals surface area contributed by atoms with E-state index in [1.165, 1.54) is 5.69 Å². The monoisotopic (exact) mass is 265 g/mol. The average molecular weight is 265 g/mol. The van der Waals surface area contributed by atoms with Gasteiger partial charge in [0.2, 0.25) is 5.91 Å². The number of imidazole rings is 1. The van der Waals surface area contributed by atoms with E-state index in [1.54, 1.807) is 0 Å². The molecule has 0 spiro atoms. The van der Waals surface area contributed by atoms with Crippen molar-refractivity contribution in [1.29, 1.82) is 0 Å². The van der Waals surface area contributed by atoms with Gasteiger partial charge in [-0.05, 0) is 48.0 Å². The maximum atomic E-state index is 12.2. The van der Waals surface area contributed by atoms with Crippen molar-refractivity contribution in [1.82, 2.24) is 14.5 Å². The molecule has 0 aliphatic carbocycles. The molecular formula is C15H27N3O. The topological polar surface area (TPSA) is 38.1 Å². The van der Waals surface area contributed by atoms with Crippen LogP contribution in [0.5, 0.6) is 0 Å². The molecule has 4 nitrogen and oxygen atoms in total. The number of amides is 1. The normalized spacial score (nSPS) is 11.4. The third-order valence-electron chi connectivity index (χ3n) is 3.54. The van der Waals surface area contributed by atoms with E-state index in [1.807, 2.05) is 18.2 Å². The van der Waals surface area contributed by atoms with Gasteiger partial charge in [0, 0.05) is 30.7 Å². The number of carbonyl (C=O) groups is 1. The smallest absolute Gasteiger partial charge is 0.223 e. The lowest BCUT2D eigenvalue weighted by Crippen LogP contribution is -2.42. The number of rotatable bonds is 6. The number of hydrogen-bond acceptors (Lipinski definition) is 2. The second-order valence-corrected chi connectivity index (χ2v) is 5.70. The zero-order valence-electron chi connectivity index (χ0n) is 13.1. The highest BCUT2D eigenvalue weighted by Gasteiger charge is 2.19. The third-order valence-corrected chi connectivity index (χ3v) is 3.54. The fourth-order valence-corrected chi connectivity index (χ4v) is 2.47. The zero-order valence-corrected chi connectivity index (χ0v) is 13.1. The highest BCUT2D eigenvalue weighted by molar-refractivity contribution is 5.76. The molecule has 1 amide bonds. The Morgan fingerprint density at radius 1 is 1.26 bits per heavy atom. The van der Waals surface area contributed by atoms with Crippen LogP contribution in [0.15, 0.2) is 6.33 Å². The Bertz CT molecular complexity index is 413. The maximum Gasteiger partial charge on any atom is 0.223 e. The van der Waals surface area contributed by atoms with E-state index in [0.29, 0.717) is 6.42 Å². The van der Waals surface area contributed by atoms with E-state index in [4.69, 9.17) is 0 Å². The van der Waals surface area contributed by atoms with Crippen LogP contribution in [0.3, 0.4) is 0 Å². The van der Waals surface area contributed by atoms with Gasteiger partial charge < -0.3 is 9.47 Å².